The summed E-state index contributed by atoms with van der Waals surface area (Å²) in [4.78, 5) is 4.48. The Morgan fingerprint density at radius 1 is 1.25 bits per heavy atom. The topological polar surface area (TPSA) is 95.6 Å². The molecule has 0 aliphatic carbocycles. The van der Waals surface area contributed by atoms with Crippen molar-refractivity contribution in [1.29, 1.82) is 0 Å². The first-order valence-corrected chi connectivity index (χ1v) is 9.71. The number of morpholine rings is 1. The summed E-state index contributed by atoms with van der Waals surface area (Å²) in [6.45, 7) is 6.69. The molecule has 24 heavy (non-hydrogen) atoms. The van der Waals surface area contributed by atoms with Gasteiger partial charge in [-0.05, 0) is 26.0 Å². The number of pyridine rings is 1. The molecule has 0 spiro atoms. The molecule has 8 nitrogen and oxygen atoms in total. The average molecular weight is 355 g/mol. The SMILES string of the molecule is CC1NNC(C)C1CNc1ccc(S(=O)(=O)N2CCOCC2)cn1. The van der Waals surface area contributed by atoms with Crippen LogP contribution in [0, 0.1) is 5.92 Å². The predicted molar refractivity (Wildman–Crippen MR) is 91.0 cm³/mol. The molecule has 0 aromatic carbocycles. The third kappa shape index (κ3) is 3.70. The molecule has 0 saturated carbocycles. The summed E-state index contributed by atoms with van der Waals surface area (Å²) in [5.74, 6) is 1.12. The van der Waals surface area contributed by atoms with E-state index < -0.39 is 10.0 Å². The Kier molecular flexibility index (Phi) is 5.36. The van der Waals surface area contributed by atoms with Crippen molar-refractivity contribution in [2.45, 2.75) is 30.8 Å². The standard InChI is InChI=1S/C15H25N5O3S/c1-11-14(12(2)19-18-11)10-17-15-4-3-13(9-16-15)24(21,22)20-5-7-23-8-6-20/h3-4,9,11-12,14,18-19H,5-8,10H2,1-2H3,(H,16,17). The third-order valence-electron chi connectivity index (χ3n) is 4.69. The van der Waals surface area contributed by atoms with E-state index in [2.05, 4.69) is 35.0 Å². The highest BCUT2D eigenvalue weighted by Crippen LogP contribution is 2.19. The van der Waals surface area contributed by atoms with E-state index in [0.29, 0.717) is 50.1 Å². The molecule has 2 aliphatic rings. The largest absolute Gasteiger partial charge is 0.379 e. The molecule has 3 N–H and O–H groups in total. The van der Waals surface area contributed by atoms with Crippen molar-refractivity contribution >= 4 is 15.8 Å². The van der Waals surface area contributed by atoms with Gasteiger partial charge in [0.15, 0.2) is 0 Å². The summed E-state index contributed by atoms with van der Waals surface area (Å²) in [7, 11) is -3.48. The van der Waals surface area contributed by atoms with Gasteiger partial charge in [0.2, 0.25) is 10.0 Å². The van der Waals surface area contributed by atoms with Gasteiger partial charge in [0, 0.05) is 43.8 Å². The van der Waals surface area contributed by atoms with Crippen LogP contribution in [0.3, 0.4) is 0 Å². The Morgan fingerprint density at radius 3 is 2.50 bits per heavy atom. The van der Waals surface area contributed by atoms with Gasteiger partial charge >= 0.3 is 0 Å². The zero-order valence-corrected chi connectivity index (χ0v) is 14.8. The van der Waals surface area contributed by atoms with E-state index in [0.717, 1.165) is 6.54 Å². The Bertz CT molecular complexity index is 636. The van der Waals surface area contributed by atoms with Crippen molar-refractivity contribution in [2.75, 3.05) is 38.2 Å². The van der Waals surface area contributed by atoms with Crippen LogP contribution in [0.2, 0.25) is 0 Å². The number of hydrazine groups is 1. The molecule has 3 heterocycles. The number of nitrogens with one attached hydrogen (secondary N) is 3. The van der Waals surface area contributed by atoms with E-state index in [1.807, 2.05) is 0 Å². The number of anilines is 1. The van der Waals surface area contributed by atoms with Crippen LogP contribution in [0.25, 0.3) is 0 Å². The van der Waals surface area contributed by atoms with Crippen molar-refractivity contribution in [1.82, 2.24) is 20.1 Å². The van der Waals surface area contributed by atoms with E-state index >= 15 is 0 Å². The summed E-state index contributed by atoms with van der Waals surface area (Å²) in [5.41, 5.74) is 6.43. The van der Waals surface area contributed by atoms with E-state index in [-0.39, 0.29) is 4.90 Å². The van der Waals surface area contributed by atoms with Crippen molar-refractivity contribution in [3.8, 4) is 0 Å². The maximum absolute atomic E-state index is 12.5. The van der Waals surface area contributed by atoms with Gasteiger partial charge in [-0.1, -0.05) is 0 Å². The van der Waals surface area contributed by atoms with Gasteiger partial charge in [0.1, 0.15) is 10.7 Å². The van der Waals surface area contributed by atoms with E-state index in [9.17, 15) is 8.42 Å². The van der Waals surface area contributed by atoms with E-state index in [1.54, 1.807) is 12.1 Å². The normalized spacial score (nSPS) is 28.8. The second-order valence-electron chi connectivity index (χ2n) is 6.31. The molecule has 0 amide bonds. The molecule has 0 radical (unpaired) electrons. The molecule has 0 bridgehead atoms. The van der Waals surface area contributed by atoms with Gasteiger partial charge in [-0.2, -0.15) is 4.31 Å². The summed E-state index contributed by atoms with van der Waals surface area (Å²) in [6.07, 6.45) is 1.42. The van der Waals surface area contributed by atoms with Crippen LogP contribution >= 0.6 is 0 Å². The smallest absolute Gasteiger partial charge is 0.244 e. The fraction of sp³-hybridized carbons (Fsp3) is 0.667. The molecular weight excluding hydrogens is 330 g/mol. The van der Waals surface area contributed by atoms with Crippen molar-refractivity contribution in [3.05, 3.63) is 18.3 Å². The van der Waals surface area contributed by atoms with Crippen molar-refractivity contribution < 1.29 is 13.2 Å². The third-order valence-corrected chi connectivity index (χ3v) is 6.57. The first kappa shape index (κ1) is 17.6. The highest BCUT2D eigenvalue weighted by Gasteiger charge is 2.29. The molecule has 134 valence electrons. The first-order chi connectivity index (χ1) is 11.5. The zero-order chi connectivity index (χ0) is 17.2. The molecule has 9 heteroatoms. The van der Waals surface area contributed by atoms with Crippen LogP contribution in [-0.2, 0) is 14.8 Å². The number of hydrogen-bond donors (Lipinski definition) is 3. The second-order valence-corrected chi connectivity index (χ2v) is 8.24. The highest BCUT2D eigenvalue weighted by molar-refractivity contribution is 7.89. The molecule has 2 atom stereocenters. The minimum atomic E-state index is -3.48. The number of hydrogen-bond acceptors (Lipinski definition) is 7. The van der Waals surface area contributed by atoms with Crippen LogP contribution in [0.15, 0.2) is 23.2 Å². The molecule has 2 fully saturated rings. The summed E-state index contributed by atoms with van der Waals surface area (Å²) in [5, 5.41) is 3.29. The fourth-order valence-corrected chi connectivity index (χ4v) is 4.41. The lowest BCUT2D eigenvalue weighted by Gasteiger charge is -2.26. The minimum Gasteiger partial charge on any atom is -0.379 e. The molecular formula is C15H25N5O3S. The van der Waals surface area contributed by atoms with Gasteiger partial charge < -0.3 is 10.1 Å². The van der Waals surface area contributed by atoms with Crippen molar-refractivity contribution in [2.24, 2.45) is 5.92 Å². The molecule has 2 unspecified atom stereocenters. The minimum absolute atomic E-state index is 0.223. The summed E-state index contributed by atoms with van der Waals surface area (Å²) in [6, 6.07) is 4.07. The van der Waals surface area contributed by atoms with Gasteiger partial charge in [-0.25, -0.2) is 13.4 Å². The number of ether oxygens (including phenoxy) is 1. The molecule has 3 rings (SSSR count). The van der Waals surface area contributed by atoms with E-state index in [1.165, 1.54) is 10.5 Å². The highest BCUT2D eigenvalue weighted by atomic mass is 32.2. The number of rotatable bonds is 5. The van der Waals surface area contributed by atoms with Gasteiger partial charge in [-0.3, -0.25) is 10.9 Å². The Morgan fingerprint density at radius 2 is 1.92 bits per heavy atom. The lowest BCUT2D eigenvalue weighted by Crippen LogP contribution is -2.40. The van der Waals surface area contributed by atoms with Crippen LogP contribution < -0.4 is 16.2 Å². The Hall–Kier alpha value is -1.26. The quantitative estimate of drug-likeness (QED) is 0.685. The second kappa shape index (κ2) is 7.32. The lowest BCUT2D eigenvalue weighted by molar-refractivity contribution is 0.0730. The van der Waals surface area contributed by atoms with Crippen molar-refractivity contribution in [3.63, 3.8) is 0 Å². The first-order valence-electron chi connectivity index (χ1n) is 8.27. The summed E-state index contributed by atoms with van der Waals surface area (Å²) < 4.78 is 31.7. The Labute approximate surface area is 143 Å². The zero-order valence-electron chi connectivity index (χ0n) is 14.0. The fourth-order valence-electron chi connectivity index (χ4n) is 3.06. The molecule has 1 aromatic heterocycles. The van der Waals surface area contributed by atoms with Crippen LogP contribution in [-0.4, -0.2) is 62.6 Å². The molecule has 2 saturated heterocycles. The predicted octanol–water partition coefficient (Wildman–Crippen LogP) is 0.0154. The number of aromatic nitrogens is 1. The Balaban J connectivity index is 1.62. The number of nitrogens with zero attached hydrogens (tertiary/aromatic N) is 2. The summed E-state index contributed by atoms with van der Waals surface area (Å²) >= 11 is 0. The molecule has 2 aliphatic heterocycles. The lowest BCUT2D eigenvalue weighted by atomic mass is 9.97. The van der Waals surface area contributed by atoms with Crippen LogP contribution in [0.5, 0.6) is 0 Å². The van der Waals surface area contributed by atoms with Crippen LogP contribution in [0.4, 0.5) is 5.82 Å². The van der Waals surface area contributed by atoms with E-state index in [4.69, 9.17) is 4.74 Å². The maximum Gasteiger partial charge on any atom is 0.244 e. The maximum atomic E-state index is 12.5. The molecule has 1 aromatic rings. The number of sulfonamides is 1. The van der Waals surface area contributed by atoms with Gasteiger partial charge in [-0.15, -0.1) is 0 Å². The van der Waals surface area contributed by atoms with Gasteiger partial charge in [0.05, 0.1) is 13.2 Å². The van der Waals surface area contributed by atoms with Crippen LogP contribution in [0.1, 0.15) is 13.8 Å². The average Bonchev–Trinajstić information content (AvgIpc) is 2.92. The monoisotopic (exact) mass is 355 g/mol. The van der Waals surface area contributed by atoms with Gasteiger partial charge in [0.25, 0.3) is 0 Å².